The zero-order chi connectivity index (χ0) is 18.5. The highest BCUT2D eigenvalue weighted by molar-refractivity contribution is 5.57. The fourth-order valence-electron chi connectivity index (χ4n) is 3.00. The molecule has 138 valence electrons. The Labute approximate surface area is 156 Å². The summed E-state index contributed by atoms with van der Waals surface area (Å²) in [6.45, 7) is 1.45. The minimum absolute atomic E-state index is 0.182. The van der Waals surface area contributed by atoms with Gasteiger partial charge in [0.25, 0.3) is 0 Å². The summed E-state index contributed by atoms with van der Waals surface area (Å²) in [7, 11) is 0. The van der Waals surface area contributed by atoms with Gasteiger partial charge in [-0.1, -0.05) is 0 Å². The number of benzene rings is 1. The molecule has 27 heavy (non-hydrogen) atoms. The summed E-state index contributed by atoms with van der Waals surface area (Å²) in [5, 5.41) is 2.94. The zero-order valence-corrected chi connectivity index (χ0v) is 14.6. The quantitative estimate of drug-likeness (QED) is 0.720. The molecule has 1 aliphatic rings. The van der Waals surface area contributed by atoms with Crippen LogP contribution in [0.1, 0.15) is 24.5 Å². The summed E-state index contributed by atoms with van der Waals surface area (Å²) in [5.41, 5.74) is 1.57. The monoisotopic (exact) mass is 366 g/mol. The molecule has 0 aliphatic carbocycles. The lowest BCUT2D eigenvalue weighted by Gasteiger charge is -2.22. The number of ether oxygens (including phenoxy) is 2. The maximum absolute atomic E-state index is 13.7. The molecule has 0 radical (unpaired) electrons. The molecule has 1 aliphatic heterocycles. The van der Waals surface area contributed by atoms with Crippen LogP contribution in [0.2, 0.25) is 0 Å². The van der Waals surface area contributed by atoms with Crippen LogP contribution in [-0.4, -0.2) is 28.2 Å². The van der Waals surface area contributed by atoms with Gasteiger partial charge < -0.3 is 14.8 Å². The van der Waals surface area contributed by atoms with Crippen LogP contribution in [0, 0.1) is 5.82 Å². The number of hydrogen-bond donors (Lipinski definition) is 1. The van der Waals surface area contributed by atoms with Gasteiger partial charge in [-0.2, -0.15) is 0 Å². The van der Waals surface area contributed by atoms with E-state index in [-0.39, 0.29) is 11.7 Å². The number of aromatic nitrogens is 3. The molecule has 1 fully saturated rings. The minimum atomic E-state index is -0.404. The standard InChI is InChI=1S/C20H19FN4O2/c21-17-2-1-9-23-19(17)25-15-3-5-16(6-4-15)27-20-18(22-10-11-24-20)14-7-12-26-13-8-14/h1-6,9-11,14H,7-8,12-13H2,(H,23,25). The van der Waals surface area contributed by atoms with Crippen molar-refractivity contribution in [2.45, 2.75) is 18.8 Å². The van der Waals surface area contributed by atoms with Crippen molar-refractivity contribution >= 4 is 11.5 Å². The average molecular weight is 366 g/mol. The van der Waals surface area contributed by atoms with Crippen molar-refractivity contribution in [3.05, 3.63) is 66.5 Å². The van der Waals surface area contributed by atoms with Gasteiger partial charge in [-0.05, 0) is 49.2 Å². The molecule has 2 aromatic heterocycles. The van der Waals surface area contributed by atoms with Crippen LogP contribution in [-0.2, 0) is 4.74 Å². The maximum atomic E-state index is 13.7. The van der Waals surface area contributed by atoms with Crippen molar-refractivity contribution in [3.8, 4) is 11.6 Å². The summed E-state index contributed by atoms with van der Waals surface area (Å²) in [5.74, 6) is 1.22. The molecule has 1 aromatic carbocycles. The van der Waals surface area contributed by atoms with Gasteiger partial charge in [-0.3, -0.25) is 4.98 Å². The van der Waals surface area contributed by atoms with Gasteiger partial charge in [-0.15, -0.1) is 0 Å². The predicted octanol–water partition coefficient (Wildman–Crippen LogP) is 4.44. The van der Waals surface area contributed by atoms with Gasteiger partial charge in [0.05, 0.1) is 0 Å². The van der Waals surface area contributed by atoms with E-state index >= 15 is 0 Å². The van der Waals surface area contributed by atoms with Crippen LogP contribution in [0.25, 0.3) is 0 Å². The van der Waals surface area contributed by atoms with Gasteiger partial charge in [0, 0.05) is 43.4 Å². The third-order valence-corrected chi connectivity index (χ3v) is 4.39. The van der Waals surface area contributed by atoms with E-state index in [1.54, 1.807) is 42.7 Å². The number of halogens is 1. The summed E-state index contributed by atoms with van der Waals surface area (Å²) < 4.78 is 25.1. The lowest BCUT2D eigenvalue weighted by atomic mass is 9.96. The molecule has 6 nitrogen and oxygen atoms in total. The van der Waals surface area contributed by atoms with E-state index in [0.29, 0.717) is 17.3 Å². The largest absolute Gasteiger partial charge is 0.437 e. The average Bonchev–Trinajstić information content (AvgIpc) is 2.72. The van der Waals surface area contributed by atoms with Gasteiger partial charge >= 0.3 is 0 Å². The molecule has 1 saturated heterocycles. The molecule has 7 heteroatoms. The maximum Gasteiger partial charge on any atom is 0.241 e. The lowest BCUT2D eigenvalue weighted by Crippen LogP contribution is -2.16. The van der Waals surface area contributed by atoms with Crippen LogP contribution in [0.3, 0.4) is 0 Å². The Balaban J connectivity index is 1.48. The summed E-state index contributed by atoms with van der Waals surface area (Å²) in [4.78, 5) is 12.8. The van der Waals surface area contributed by atoms with Crippen molar-refractivity contribution in [3.63, 3.8) is 0 Å². The Bertz CT molecular complexity index is 898. The normalized spacial score (nSPS) is 14.7. The second-order valence-corrected chi connectivity index (χ2v) is 6.22. The molecule has 3 heterocycles. The molecule has 0 amide bonds. The number of hydrogen-bond acceptors (Lipinski definition) is 6. The summed E-state index contributed by atoms with van der Waals surface area (Å²) in [6.07, 6.45) is 6.67. The van der Waals surface area contributed by atoms with E-state index in [9.17, 15) is 4.39 Å². The van der Waals surface area contributed by atoms with Crippen molar-refractivity contribution in [2.24, 2.45) is 0 Å². The molecule has 0 spiro atoms. The van der Waals surface area contributed by atoms with Crippen LogP contribution in [0.5, 0.6) is 11.6 Å². The van der Waals surface area contributed by atoms with E-state index in [2.05, 4.69) is 20.3 Å². The topological polar surface area (TPSA) is 69.2 Å². The minimum Gasteiger partial charge on any atom is -0.437 e. The van der Waals surface area contributed by atoms with Crippen molar-refractivity contribution in [1.82, 2.24) is 15.0 Å². The second kappa shape index (κ2) is 8.09. The number of pyridine rings is 1. The van der Waals surface area contributed by atoms with Crippen molar-refractivity contribution < 1.29 is 13.9 Å². The first-order valence-electron chi connectivity index (χ1n) is 8.84. The van der Waals surface area contributed by atoms with Crippen molar-refractivity contribution in [1.29, 1.82) is 0 Å². The summed E-state index contributed by atoms with van der Waals surface area (Å²) in [6, 6.07) is 10.1. The molecule has 4 rings (SSSR count). The highest BCUT2D eigenvalue weighted by Gasteiger charge is 2.22. The van der Waals surface area contributed by atoms with Crippen LogP contribution < -0.4 is 10.1 Å². The number of nitrogens with one attached hydrogen (secondary N) is 1. The highest BCUT2D eigenvalue weighted by Crippen LogP contribution is 2.33. The highest BCUT2D eigenvalue weighted by atomic mass is 19.1. The third-order valence-electron chi connectivity index (χ3n) is 4.39. The fourth-order valence-corrected chi connectivity index (χ4v) is 3.00. The van der Waals surface area contributed by atoms with E-state index < -0.39 is 5.82 Å². The van der Waals surface area contributed by atoms with Gasteiger partial charge in [-0.25, -0.2) is 14.4 Å². The zero-order valence-electron chi connectivity index (χ0n) is 14.6. The second-order valence-electron chi connectivity index (χ2n) is 6.22. The Morgan fingerprint density at radius 1 is 0.963 bits per heavy atom. The Morgan fingerprint density at radius 3 is 2.52 bits per heavy atom. The van der Waals surface area contributed by atoms with Crippen LogP contribution in [0.15, 0.2) is 55.0 Å². The van der Waals surface area contributed by atoms with Gasteiger partial charge in [0.2, 0.25) is 5.88 Å². The van der Waals surface area contributed by atoms with E-state index in [1.807, 2.05) is 0 Å². The summed E-state index contributed by atoms with van der Waals surface area (Å²) >= 11 is 0. The fraction of sp³-hybridized carbons (Fsp3) is 0.250. The van der Waals surface area contributed by atoms with E-state index in [0.717, 1.165) is 31.7 Å². The molecule has 0 atom stereocenters. The van der Waals surface area contributed by atoms with Gasteiger partial charge in [0.1, 0.15) is 11.4 Å². The number of anilines is 2. The predicted molar refractivity (Wildman–Crippen MR) is 98.8 cm³/mol. The van der Waals surface area contributed by atoms with Crippen LogP contribution >= 0.6 is 0 Å². The van der Waals surface area contributed by atoms with Gasteiger partial charge in [0.15, 0.2) is 11.6 Å². The van der Waals surface area contributed by atoms with E-state index in [1.165, 1.54) is 12.3 Å². The SMILES string of the molecule is Fc1cccnc1Nc1ccc(Oc2nccnc2C2CCOCC2)cc1. The molecular formula is C20H19FN4O2. The Kier molecular flexibility index (Phi) is 5.20. The molecule has 0 saturated carbocycles. The first-order valence-corrected chi connectivity index (χ1v) is 8.84. The molecule has 1 N–H and O–H groups in total. The molecule has 3 aromatic rings. The Hall–Kier alpha value is -3.06. The first kappa shape index (κ1) is 17.4. The smallest absolute Gasteiger partial charge is 0.241 e. The number of nitrogens with zero attached hydrogens (tertiary/aromatic N) is 3. The van der Waals surface area contributed by atoms with Crippen molar-refractivity contribution in [2.75, 3.05) is 18.5 Å². The molecular weight excluding hydrogens is 347 g/mol. The van der Waals surface area contributed by atoms with E-state index in [4.69, 9.17) is 9.47 Å². The Morgan fingerprint density at radius 2 is 1.74 bits per heavy atom. The molecule has 0 bridgehead atoms. The molecule has 0 unspecified atom stereocenters. The van der Waals surface area contributed by atoms with Crippen LogP contribution in [0.4, 0.5) is 15.9 Å². The third kappa shape index (κ3) is 4.20. The number of rotatable bonds is 5. The lowest BCUT2D eigenvalue weighted by molar-refractivity contribution is 0.0839. The first-order chi connectivity index (χ1) is 13.3.